The second kappa shape index (κ2) is 7.58. The first kappa shape index (κ1) is 19.0. The summed E-state index contributed by atoms with van der Waals surface area (Å²) in [5.74, 6) is -0.225. The first-order valence-electron chi connectivity index (χ1n) is 9.10. The number of aromatic amines is 1. The number of carbonyl (C=O) groups is 1. The number of nitrogens with zero attached hydrogens (tertiary/aromatic N) is 1. The molecule has 1 aromatic heterocycles. The normalized spacial score (nSPS) is 15.2. The molecule has 3 aromatic rings. The molecule has 1 fully saturated rings. The zero-order valence-corrected chi connectivity index (χ0v) is 16.7. The number of hydrogen-bond acceptors (Lipinski definition) is 3. The van der Waals surface area contributed by atoms with Crippen molar-refractivity contribution in [3.63, 3.8) is 0 Å². The lowest BCUT2D eigenvalue weighted by Gasteiger charge is -2.17. The van der Waals surface area contributed by atoms with Crippen molar-refractivity contribution in [3.8, 4) is 0 Å². The Hall–Kier alpha value is -2.35. The maximum atomic E-state index is 12.8. The number of para-hydroxylation sites is 1. The largest absolute Gasteiger partial charge is 0.361 e. The van der Waals surface area contributed by atoms with Gasteiger partial charge in [-0.05, 0) is 42.7 Å². The molecule has 8 heteroatoms. The van der Waals surface area contributed by atoms with Gasteiger partial charge in [0.15, 0.2) is 0 Å². The Labute approximate surface area is 168 Å². The summed E-state index contributed by atoms with van der Waals surface area (Å²) >= 11 is 6.15. The third-order valence-corrected chi connectivity index (χ3v) is 7.30. The maximum Gasteiger partial charge on any atom is 0.244 e. The molecule has 1 aliphatic heterocycles. The minimum Gasteiger partial charge on any atom is -0.361 e. The smallest absolute Gasteiger partial charge is 0.244 e. The van der Waals surface area contributed by atoms with Crippen LogP contribution in [0.1, 0.15) is 18.4 Å². The Kier molecular flexibility index (Phi) is 5.14. The van der Waals surface area contributed by atoms with Crippen molar-refractivity contribution in [2.75, 3.05) is 18.4 Å². The molecule has 6 nitrogen and oxygen atoms in total. The standard InChI is InChI=1S/C20H20ClN3O3S/c21-17-8-7-15(12-19(17)28(26,27)24-9-3-4-10-24)23-20(25)11-14-13-22-18-6-2-1-5-16(14)18/h1-2,5-8,12-13,22H,3-4,9-11H2,(H,23,25). The summed E-state index contributed by atoms with van der Waals surface area (Å²) < 4.78 is 27.1. The summed E-state index contributed by atoms with van der Waals surface area (Å²) in [6, 6.07) is 12.3. The minimum atomic E-state index is -3.66. The predicted molar refractivity (Wildman–Crippen MR) is 110 cm³/mol. The van der Waals surface area contributed by atoms with Crippen LogP contribution >= 0.6 is 11.6 Å². The van der Waals surface area contributed by atoms with Crippen LogP contribution in [0.2, 0.25) is 5.02 Å². The Morgan fingerprint density at radius 1 is 1.14 bits per heavy atom. The van der Waals surface area contributed by atoms with Gasteiger partial charge in [-0.15, -0.1) is 0 Å². The van der Waals surface area contributed by atoms with Crippen LogP contribution in [0.4, 0.5) is 5.69 Å². The van der Waals surface area contributed by atoms with Crippen LogP contribution in [0.5, 0.6) is 0 Å². The van der Waals surface area contributed by atoms with E-state index >= 15 is 0 Å². The van der Waals surface area contributed by atoms with E-state index in [0.717, 1.165) is 29.3 Å². The lowest BCUT2D eigenvalue weighted by atomic mass is 10.1. The molecule has 2 aromatic carbocycles. The molecule has 0 bridgehead atoms. The van der Waals surface area contributed by atoms with Gasteiger partial charge in [-0.3, -0.25) is 4.79 Å². The number of hydrogen-bond donors (Lipinski definition) is 2. The Morgan fingerprint density at radius 3 is 2.68 bits per heavy atom. The quantitative estimate of drug-likeness (QED) is 0.662. The molecule has 0 unspecified atom stereocenters. The number of halogens is 1. The molecule has 4 rings (SSSR count). The highest BCUT2D eigenvalue weighted by molar-refractivity contribution is 7.89. The highest BCUT2D eigenvalue weighted by Gasteiger charge is 2.29. The van der Waals surface area contributed by atoms with Crippen molar-refractivity contribution in [1.29, 1.82) is 0 Å². The van der Waals surface area contributed by atoms with Crippen LogP contribution in [0, 0.1) is 0 Å². The molecule has 0 atom stereocenters. The predicted octanol–water partition coefficient (Wildman–Crippen LogP) is 3.79. The first-order valence-corrected chi connectivity index (χ1v) is 10.9. The summed E-state index contributed by atoms with van der Waals surface area (Å²) in [5, 5.41) is 3.93. The monoisotopic (exact) mass is 417 g/mol. The number of benzene rings is 2. The van der Waals surface area contributed by atoms with Crippen LogP contribution in [-0.2, 0) is 21.2 Å². The van der Waals surface area contributed by atoms with Gasteiger partial charge in [0.25, 0.3) is 0 Å². The third-order valence-electron chi connectivity index (χ3n) is 4.92. The Bertz CT molecular complexity index is 1130. The second-order valence-electron chi connectivity index (χ2n) is 6.84. The van der Waals surface area contributed by atoms with Gasteiger partial charge in [0.2, 0.25) is 15.9 Å². The van der Waals surface area contributed by atoms with E-state index in [0.29, 0.717) is 18.8 Å². The Morgan fingerprint density at radius 2 is 1.89 bits per heavy atom. The first-order chi connectivity index (χ1) is 13.4. The molecule has 0 radical (unpaired) electrons. The molecule has 0 saturated carbocycles. The number of rotatable bonds is 5. The van der Waals surface area contributed by atoms with Crippen molar-refractivity contribution in [3.05, 3.63) is 59.2 Å². The van der Waals surface area contributed by atoms with Crippen molar-refractivity contribution in [2.24, 2.45) is 0 Å². The fourth-order valence-electron chi connectivity index (χ4n) is 3.50. The molecular weight excluding hydrogens is 398 g/mol. The average molecular weight is 418 g/mol. The minimum absolute atomic E-state index is 0.0287. The van der Waals surface area contributed by atoms with E-state index in [1.54, 1.807) is 6.07 Å². The van der Waals surface area contributed by atoms with E-state index in [2.05, 4.69) is 10.3 Å². The number of amides is 1. The summed E-state index contributed by atoms with van der Waals surface area (Å²) in [6.07, 6.45) is 3.69. The molecule has 2 heterocycles. The molecule has 1 saturated heterocycles. The van der Waals surface area contributed by atoms with Crippen LogP contribution in [0.3, 0.4) is 0 Å². The van der Waals surface area contributed by atoms with E-state index < -0.39 is 10.0 Å². The molecule has 0 spiro atoms. The summed E-state index contributed by atoms with van der Waals surface area (Å²) in [4.78, 5) is 15.7. The van der Waals surface area contributed by atoms with Crippen molar-refractivity contribution in [2.45, 2.75) is 24.2 Å². The fourth-order valence-corrected chi connectivity index (χ4v) is 5.52. The lowest BCUT2D eigenvalue weighted by molar-refractivity contribution is -0.115. The molecule has 28 heavy (non-hydrogen) atoms. The Balaban J connectivity index is 1.54. The SMILES string of the molecule is O=C(Cc1c[nH]c2ccccc12)Nc1ccc(Cl)c(S(=O)(=O)N2CCCC2)c1. The average Bonchev–Trinajstić information content (AvgIpc) is 3.34. The number of sulfonamides is 1. The topological polar surface area (TPSA) is 82.3 Å². The van der Waals surface area contributed by atoms with Gasteiger partial charge < -0.3 is 10.3 Å². The summed E-state index contributed by atoms with van der Waals surface area (Å²) in [5.41, 5.74) is 2.26. The van der Waals surface area contributed by atoms with Crippen molar-refractivity contribution in [1.82, 2.24) is 9.29 Å². The van der Waals surface area contributed by atoms with Gasteiger partial charge in [0.1, 0.15) is 4.90 Å². The number of aromatic nitrogens is 1. The molecule has 1 aliphatic rings. The highest BCUT2D eigenvalue weighted by Crippen LogP contribution is 2.29. The highest BCUT2D eigenvalue weighted by atomic mass is 35.5. The van der Waals surface area contributed by atoms with E-state index in [1.807, 2.05) is 30.5 Å². The lowest BCUT2D eigenvalue weighted by Crippen LogP contribution is -2.28. The van der Waals surface area contributed by atoms with Crippen molar-refractivity contribution >= 4 is 44.1 Å². The van der Waals surface area contributed by atoms with E-state index in [-0.39, 0.29) is 22.2 Å². The number of H-pyrrole nitrogens is 1. The second-order valence-corrected chi connectivity index (χ2v) is 9.15. The molecule has 146 valence electrons. The third kappa shape index (κ3) is 3.65. The number of carbonyl (C=O) groups excluding carboxylic acids is 1. The van der Waals surface area contributed by atoms with Gasteiger partial charge in [-0.2, -0.15) is 4.31 Å². The summed E-state index contributed by atoms with van der Waals surface area (Å²) in [7, 11) is -3.66. The number of nitrogens with one attached hydrogen (secondary N) is 2. The van der Waals surface area contributed by atoms with Crippen LogP contribution in [-0.4, -0.2) is 36.7 Å². The van der Waals surface area contributed by atoms with Crippen molar-refractivity contribution < 1.29 is 13.2 Å². The van der Waals surface area contributed by atoms with E-state index in [1.165, 1.54) is 16.4 Å². The van der Waals surface area contributed by atoms with Crippen LogP contribution in [0.15, 0.2) is 53.6 Å². The van der Waals surface area contributed by atoms with Gasteiger partial charge >= 0.3 is 0 Å². The summed E-state index contributed by atoms with van der Waals surface area (Å²) in [6.45, 7) is 0.992. The van der Waals surface area contributed by atoms with Crippen LogP contribution < -0.4 is 5.32 Å². The number of fused-ring (bicyclic) bond motifs is 1. The number of anilines is 1. The van der Waals surface area contributed by atoms with E-state index in [9.17, 15) is 13.2 Å². The zero-order chi connectivity index (χ0) is 19.7. The fraction of sp³-hybridized carbons (Fsp3) is 0.250. The van der Waals surface area contributed by atoms with Gasteiger partial charge in [0.05, 0.1) is 11.4 Å². The van der Waals surface area contributed by atoms with Gasteiger partial charge in [-0.1, -0.05) is 29.8 Å². The molecular formula is C20H20ClN3O3S. The van der Waals surface area contributed by atoms with Crippen LogP contribution in [0.25, 0.3) is 10.9 Å². The maximum absolute atomic E-state index is 12.8. The van der Waals surface area contributed by atoms with E-state index in [4.69, 9.17) is 11.6 Å². The van der Waals surface area contributed by atoms with Gasteiger partial charge in [-0.25, -0.2) is 8.42 Å². The van der Waals surface area contributed by atoms with Gasteiger partial charge in [0, 0.05) is 35.9 Å². The molecule has 1 amide bonds. The molecule has 2 N–H and O–H groups in total. The zero-order valence-electron chi connectivity index (χ0n) is 15.1. The molecule has 0 aliphatic carbocycles.